The van der Waals surface area contributed by atoms with E-state index < -0.39 is 0 Å². The SMILES string of the molecule is COC(c1ncc2c(n1)CCCC2N)C1CC1. The van der Waals surface area contributed by atoms with Gasteiger partial charge in [0.1, 0.15) is 6.10 Å². The number of rotatable bonds is 3. The van der Waals surface area contributed by atoms with Gasteiger partial charge >= 0.3 is 0 Å². The van der Waals surface area contributed by atoms with E-state index in [0.717, 1.165) is 36.3 Å². The highest BCUT2D eigenvalue weighted by molar-refractivity contribution is 5.24. The molecule has 3 rings (SSSR count). The zero-order valence-electron chi connectivity index (χ0n) is 10.2. The van der Waals surface area contributed by atoms with E-state index in [0.29, 0.717) is 5.92 Å². The van der Waals surface area contributed by atoms with E-state index in [1.54, 1.807) is 7.11 Å². The van der Waals surface area contributed by atoms with Crippen LogP contribution in [0.4, 0.5) is 0 Å². The highest BCUT2D eigenvalue weighted by atomic mass is 16.5. The van der Waals surface area contributed by atoms with Crippen LogP contribution in [0, 0.1) is 5.92 Å². The Morgan fingerprint density at radius 1 is 1.41 bits per heavy atom. The molecule has 1 aromatic rings. The number of aromatic nitrogens is 2. The van der Waals surface area contributed by atoms with Crippen molar-refractivity contribution in [2.75, 3.05) is 7.11 Å². The number of nitrogens with two attached hydrogens (primary N) is 1. The Labute approximate surface area is 102 Å². The van der Waals surface area contributed by atoms with Gasteiger partial charge in [-0.2, -0.15) is 0 Å². The minimum atomic E-state index is 0.0819. The summed E-state index contributed by atoms with van der Waals surface area (Å²) in [4.78, 5) is 9.14. The van der Waals surface area contributed by atoms with Crippen LogP contribution in [0.3, 0.4) is 0 Å². The first kappa shape index (κ1) is 11.1. The minimum absolute atomic E-state index is 0.0819. The summed E-state index contributed by atoms with van der Waals surface area (Å²) in [6.07, 6.45) is 7.67. The topological polar surface area (TPSA) is 61.0 Å². The van der Waals surface area contributed by atoms with Gasteiger partial charge in [0.25, 0.3) is 0 Å². The van der Waals surface area contributed by atoms with Gasteiger partial charge in [-0.3, -0.25) is 0 Å². The first-order valence-corrected chi connectivity index (χ1v) is 6.43. The molecule has 17 heavy (non-hydrogen) atoms. The maximum absolute atomic E-state index is 6.07. The molecule has 0 aromatic carbocycles. The van der Waals surface area contributed by atoms with Crippen molar-refractivity contribution >= 4 is 0 Å². The van der Waals surface area contributed by atoms with Gasteiger partial charge in [0.15, 0.2) is 5.82 Å². The van der Waals surface area contributed by atoms with Crippen LogP contribution < -0.4 is 5.73 Å². The Balaban J connectivity index is 1.91. The molecule has 92 valence electrons. The fourth-order valence-electron chi connectivity index (χ4n) is 2.64. The molecule has 0 bridgehead atoms. The number of aryl methyl sites for hydroxylation is 1. The van der Waals surface area contributed by atoms with E-state index >= 15 is 0 Å². The van der Waals surface area contributed by atoms with Crippen molar-refractivity contribution in [1.82, 2.24) is 9.97 Å². The van der Waals surface area contributed by atoms with Crippen LogP contribution in [0.15, 0.2) is 6.20 Å². The number of hydrogen-bond acceptors (Lipinski definition) is 4. The normalized spacial score (nSPS) is 25.4. The molecule has 4 heteroatoms. The Kier molecular flexibility index (Phi) is 2.84. The van der Waals surface area contributed by atoms with Crippen LogP contribution in [0.1, 0.15) is 54.9 Å². The van der Waals surface area contributed by atoms with Crippen LogP contribution >= 0.6 is 0 Å². The molecule has 0 aliphatic heterocycles. The van der Waals surface area contributed by atoms with Crippen LogP contribution in [0.25, 0.3) is 0 Å². The number of hydrogen-bond donors (Lipinski definition) is 1. The molecular formula is C13H19N3O. The first-order valence-electron chi connectivity index (χ1n) is 6.43. The summed E-state index contributed by atoms with van der Waals surface area (Å²) in [7, 11) is 1.75. The average molecular weight is 233 g/mol. The minimum Gasteiger partial charge on any atom is -0.373 e. The van der Waals surface area contributed by atoms with Gasteiger partial charge < -0.3 is 10.5 Å². The van der Waals surface area contributed by atoms with Crippen LogP contribution in [-0.4, -0.2) is 17.1 Å². The van der Waals surface area contributed by atoms with Gasteiger partial charge in [0.2, 0.25) is 0 Å². The van der Waals surface area contributed by atoms with Gasteiger partial charge in [0.05, 0.1) is 0 Å². The van der Waals surface area contributed by atoms with E-state index in [1.165, 1.54) is 12.8 Å². The van der Waals surface area contributed by atoms with Crippen LogP contribution in [-0.2, 0) is 11.2 Å². The molecule has 2 aliphatic carbocycles. The maximum Gasteiger partial charge on any atom is 0.157 e. The molecule has 4 nitrogen and oxygen atoms in total. The standard InChI is InChI=1S/C13H19N3O/c1-17-12(8-5-6-8)13-15-7-9-10(14)3-2-4-11(9)16-13/h7-8,10,12H,2-6,14H2,1H3. The molecule has 1 saturated carbocycles. The monoisotopic (exact) mass is 233 g/mol. The summed E-state index contributed by atoms with van der Waals surface area (Å²) in [5.74, 6) is 1.47. The fraction of sp³-hybridized carbons (Fsp3) is 0.692. The van der Waals surface area contributed by atoms with Crippen molar-refractivity contribution in [2.45, 2.75) is 44.2 Å². The fourth-order valence-corrected chi connectivity index (χ4v) is 2.64. The average Bonchev–Trinajstić information content (AvgIpc) is 3.15. The van der Waals surface area contributed by atoms with E-state index in [-0.39, 0.29) is 12.1 Å². The number of methoxy groups -OCH3 is 1. The predicted octanol–water partition coefficient (Wildman–Crippen LogP) is 1.91. The van der Waals surface area contributed by atoms with Gasteiger partial charge in [-0.15, -0.1) is 0 Å². The van der Waals surface area contributed by atoms with Gasteiger partial charge in [-0.1, -0.05) is 0 Å². The summed E-state index contributed by atoms with van der Waals surface area (Å²) in [5.41, 5.74) is 8.33. The van der Waals surface area contributed by atoms with Crippen molar-refractivity contribution in [1.29, 1.82) is 0 Å². The largest absolute Gasteiger partial charge is 0.373 e. The van der Waals surface area contributed by atoms with Crippen molar-refractivity contribution in [3.63, 3.8) is 0 Å². The third-order valence-electron chi connectivity index (χ3n) is 3.81. The lowest BCUT2D eigenvalue weighted by molar-refractivity contribution is 0.0768. The molecule has 2 unspecified atom stereocenters. The molecule has 2 N–H and O–H groups in total. The number of ether oxygens (including phenoxy) is 1. The lowest BCUT2D eigenvalue weighted by Gasteiger charge is -2.22. The lowest BCUT2D eigenvalue weighted by atomic mass is 9.93. The van der Waals surface area contributed by atoms with E-state index in [2.05, 4.69) is 9.97 Å². The summed E-state index contributed by atoms with van der Waals surface area (Å²) in [6, 6.07) is 0.120. The van der Waals surface area contributed by atoms with Crippen molar-refractivity contribution in [2.24, 2.45) is 11.7 Å². The second kappa shape index (κ2) is 4.35. The van der Waals surface area contributed by atoms with Crippen LogP contribution in [0.5, 0.6) is 0 Å². The van der Waals surface area contributed by atoms with Crippen molar-refractivity contribution < 1.29 is 4.74 Å². The molecule has 2 aliphatic rings. The lowest BCUT2D eigenvalue weighted by Crippen LogP contribution is -2.21. The highest BCUT2D eigenvalue weighted by Gasteiger charge is 2.35. The van der Waals surface area contributed by atoms with Gasteiger partial charge in [0, 0.05) is 30.6 Å². The second-order valence-electron chi connectivity index (χ2n) is 5.12. The Hall–Kier alpha value is -1.00. The molecule has 0 amide bonds. The molecular weight excluding hydrogens is 214 g/mol. The second-order valence-corrected chi connectivity index (χ2v) is 5.12. The number of fused-ring (bicyclic) bond motifs is 1. The summed E-state index contributed by atoms with van der Waals surface area (Å²) in [5, 5.41) is 0. The molecule has 1 fully saturated rings. The quantitative estimate of drug-likeness (QED) is 0.866. The molecule has 0 saturated heterocycles. The van der Waals surface area contributed by atoms with E-state index in [4.69, 9.17) is 10.5 Å². The zero-order valence-corrected chi connectivity index (χ0v) is 10.2. The Bertz CT molecular complexity index is 417. The molecule has 0 radical (unpaired) electrons. The van der Waals surface area contributed by atoms with E-state index in [9.17, 15) is 0 Å². The van der Waals surface area contributed by atoms with Crippen LogP contribution in [0.2, 0.25) is 0 Å². The van der Waals surface area contributed by atoms with E-state index in [1.807, 2.05) is 6.20 Å². The third-order valence-corrected chi connectivity index (χ3v) is 3.81. The molecule has 1 aromatic heterocycles. The maximum atomic E-state index is 6.07. The predicted molar refractivity (Wildman–Crippen MR) is 64.4 cm³/mol. The molecule has 2 atom stereocenters. The van der Waals surface area contributed by atoms with Gasteiger partial charge in [-0.05, 0) is 38.0 Å². The third kappa shape index (κ3) is 2.07. The Morgan fingerprint density at radius 2 is 2.24 bits per heavy atom. The van der Waals surface area contributed by atoms with Crippen molar-refractivity contribution in [3.05, 3.63) is 23.3 Å². The van der Waals surface area contributed by atoms with Crippen molar-refractivity contribution in [3.8, 4) is 0 Å². The number of nitrogens with zero attached hydrogens (tertiary/aromatic N) is 2. The smallest absolute Gasteiger partial charge is 0.157 e. The molecule has 1 heterocycles. The zero-order chi connectivity index (χ0) is 11.8. The summed E-state index contributed by atoms with van der Waals surface area (Å²) >= 11 is 0. The summed E-state index contributed by atoms with van der Waals surface area (Å²) < 4.78 is 5.52. The summed E-state index contributed by atoms with van der Waals surface area (Å²) in [6.45, 7) is 0. The van der Waals surface area contributed by atoms with Gasteiger partial charge in [-0.25, -0.2) is 9.97 Å². The molecule has 0 spiro atoms. The first-order chi connectivity index (χ1) is 8.29. The highest BCUT2D eigenvalue weighted by Crippen LogP contribution is 2.42. The Morgan fingerprint density at radius 3 is 2.94 bits per heavy atom.